The van der Waals surface area contributed by atoms with Crippen molar-refractivity contribution in [3.05, 3.63) is 53.3 Å². The molecule has 1 N–H and O–H groups in total. The number of allylic oxidation sites excluding steroid dienone is 4. The standard InChI is InChI=1S/C15H15BFNO3/c1-11(19)21-16(20)13-4-2-12(3-5-13)10-18-15-8-6-14(17)7-9-15/h2,4,6-10,20H,3,5H2,1H3. The van der Waals surface area contributed by atoms with Crippen LogP contribution in [0.15, 0.2) is 52.5 Å². The zero-order chi connectivity index (χ0) is 15.2. The molecule has 1 aliphatic carbocycles. The van der Waals surface area contributed by atoms with Crippen molar-refractivity contribution >= 4 is 25.0 Å². The third-order valence-corrected chi connectivity index (χ3v) is 3.01. The highest BCUT2D eigenvalue weighted by atomic mass is 19.1. The van der Waals surface area contributed by atoms with Gasteiger partial charge in [-0.2, -0.15) is 0 Å². The van der Waals surface area contributed by atoms with E-state index in [2.05, 4.69) is 4.99 Å². The second-order valence-electron chi connectivity index (χ2n) is 4.68. The highest BCUT2D eigenvalue weighted by Gasteiger charge is 2.23. The molecule has 0 unspecified atom stereocenters. The van der Waals surface area contributed by atoms with Crippen LogP contribution in [-0.4, -0.2) is 24.3 Å². The van der Waals surface area contributed by atoms with Crippen LogP contribution in [0.25, 0.3) is 0 Å². The van der Waals surface area contributed by atoms with Gasteiger partial charge in [-0.1, -0.05) is 12.2 Å². The fourth-order valence-electron chi connectivity index (χ4n) is 1.90. The van der Waals surface area contributed by atoms with E-state index in [9.17, 15) is 14.2 Å². The van der Waals surface area contributed by atoms with E-state index in [1.807, 2.05) is 6.08 Å². The zero-order valence-corrected chi connectivity index (χ0v) is 11.6. The van der Waals surface area contributed by atoms with Crippen LogP contribution in [0, 0.1) is 5.82 Å². The van der Waals surface area contributed by atoms with Crippen LogP contribution >= 0.6 is 0 Å². The summed E-state index contributed by atoms with van der Waals surface area (Å²) >= 11 is 0. The molecule has 0 saturated carbocycles. The molecule has 0 aromatic heterocycles. The van der Waals surface area contributed by atoms with E-state index >= 15 is 0 Å². The molecule has 0 spiro atoms. The Kier molecular flexibility index (Phi) is 5.06. The first-order valence-electron chi connectivity index (χ1n) is 6.59. The first-order valence-corrected chi connectivity index (χ1v) is 6.59. The Bertz CT molecular complexity index is 608. The Morgan fingerprint density at radius 2 is 2.05 bits per heavy atom. The molecule has 6 heteroatoms. The first-order chi connectivity index (χ1) is 10.0. The molecule has 0 aliphatic heterocycles. The van der Waals surface area contributed by atoms with Gasteiger partial charge in [0.1, 0.15) is 5.82 Å². The Labute approximate surface area is 122 Å². The van der Waals surface area contributed by atoms with E-state index in [1.54, 1.807) is 24.4 Å². The predicted octanol–water partition coefficient (Wildman–Crippen LogP) is 2.76. The van der Waals surface area contributed by atoms with E-state index in [1.165, 1.54) is 19.1 Å². The minimum Gasteiger partial charge on any atom is -0.506 e. The summed E-state index contributed by atoms with van der Waals surface area (Å²) in [6, 6.07) is 5.91. The molecule has 0 radical (unpaired) electrons. The number of halogens is 1. The molecule has 0 atom stereocenters. The second-order valence-corrected chi connectivity index (χ2v) is 4.68. The molecule has 0 fully saturated rings. The van der Waals surface area contributed by atoms with Gasteiger partial charge in [-0.25, -0.2) is 4.39 Å². The number of carbonyl (C=O) groups is 1. The Morgan fingerprint density at radius 3 is 2.62 bits per heavy atom. The molecule has 21 heavy (non-hydrogen) atoms. The molecular formula is C15H15BFNO3. The number of aliphatic imine (C=N–C) groups is 1. The lowest BCUT2D eigenvalue weighted by atomic mass is 9.73. The fourth-order valence-corrected chi connectivity index (χ4v) is 1.90. The van der Waals surface area contributed by atoms with Crippen molar-refractivity contribution in [2.24, 2.45) is 4.99 Å². The molecule has 0 saturated heterocycles. The monoisotopic (exact) mass is 287 g/mol. The van der Waals surface area contributed by atoms with E-state index in [0.29, 0.717) is 24.0 Å². The summed E-state index contributed by atoms with van der Waals surface area (Å²) in [7, 11) is -1.19. The molecule has 1 aromatic rings. The van der Waals surface area contributed by atoms with Gasteiger partial charge in [0.2, 0.25) is 0 Å². The number of hydrogen-bond donors (Lipinski definition) is 1. The lowest BCUT2D eigenvalue weighted by Crippen LogP contribution is -2.24. The maximum Gasteiger partial charge on any atom is 0.557 e. The number of hydrogen-bond acceptors (Lipinski definition) is 4. The van der Waals surface area contributed by atoms with Gasteiger partial charge in [0.15, 0.2) is 0 Å². The molecule has 4 nitrogen and oxygen atoms in total. The Balaban J connectivity index is 2.00. The smallest absolute Gasteiger partial charge is 0.506 e. The van der Waals surface area contributed by atoms with Gasteiger partial charge in [-0.05, 0) is 48.2 Å². The lowest BCUT2D eigenvalue weighted by molar-refractivity contribution is -0.133. The van der Waals surface area contributed by atoms with Crippen molar-refractivity contribution in [3.8, 4) is 0 Å². The van der Waals surface area contributed by atoms with Crippen molar-refractivity contribution in [1.82, 2.24) is 0 Å². The van der Waals surface area contributed by atoms with Crippen LogP contribution in [0.2, 0.25) is 0 Å². The van der Waals surface area contributed by atoms with E-state index in [-0.39, 0.29) is 5.82 Å². The van der Waals surface area contributed by atoms with Crippen molar-refractivity contribution in [1.29, 1.82) is 0 Å². The first kappa shape index (κ1) is 15.2. The molecule has 2 rings (SSSR count). The van der Waals surface area contributed by atoms with Gasteiger partial charge in [0.05, 0.1) is 5.69 Å². The largest absolute Gasteiger partial charge is 0.557 e. The number of rotatable bonds is 4. The minimum atomic E-state index is -1.19. The third kappa shape index (κ3) is 4.68. The highest BCUT2D eigenvalue weighted by Crippen LogP contribution is 2.20. The lowest BCUT2D eigenvalue weighted by Gasteiger charge is -2.14. The topological polar surface area (TPSA) is 58.9 Å². The normalized spacial score (nSPS) is 14.6. The van der Waals surface area contributed by atoms with Crippen molar-refractivity contribution < 1.29 is 18.9 Å². The van der Waals surface area contributed by atoms with Crippen LogP contribution in [0.3, 0.4) is 0 Å². The van der Waals surface area contributed by atoms with E-state index < -0.39 is 13.1 Å². The maximum absolute atomic E-state index is 12.8. The minimum absolute atomic E-state index is 0.294. The van der Waals surface area contributed by atoms with Gasteiger partial charge < -0.3 is 9.68 Å². The van der Waals surface area contributed by atoms with Crippen LogP contribution < -0.4 is 0 Å². The maximum atomic E-state index is 12.8. The van der Waals surface area contributed by atoms with Gasteiger partial charge >= 0.3 is 7.12 Å². The fraction of sp³-hybridized carbons (Fsp3) is 0.200. The molecule has 0 heterocycles. The highest BCUT2D eigenvalue weighted by molar-refractivity contribution is 6.54. The average Bonchev–Trinajstić information content (AvgIpc) is 2.46. The molecular weight excluding hydrogens is 272 g/mol. The predicted molar refractivity (Wildman–Crippen MR) is 79.7 cm³/mol. The summed E-state index contributed by atoms with van der Waals surface area (Å²) in [4.78, 5) is 15.0. The Morgan fingerprint density at radius 1 is 1.33 bits per heavy atom. The van der Waals surface area contributed by atoms with Crippen molar-refractivity contribution in [2.45, 2.75) is 19.8 Å². The van der Waals surface area contributed by atoms with E-state index in [4.69, 9.17) is 4.65 Å². The molecule has 108 valence electrons. The van der Waals surface area contributed by atoms with Crippen LogP contribution in [0.4, 0.5) is 10.1 Å². The third-order valence-electron chi connectivity index (χ3n) is 3.01. The van der Waals surface area contributed by atoms with Crippen LogP contribution in [-0.2, 0) is 9.45 Å². The summed E-state index contributed by atoms with van der Waals surface area (Å²) < 4.78 is 17.5. The van der Waals surface area contributed by atoms with E-state index in [0.717, 1.165) is 5.57 Å². The molecule has 0 bridgehead atoms. The quantitative estimate of drug-likeness (QED) is 0.684. The summed E-state index contributed by atoms with van der Waals surface area (Å²) in [6.45, 7) is 1.25. The molecule has 1 aliphatic rings. The number of carbonyl (C=O) groups excluding carboxylic acids is 1. The summed E-state index contributed by atoms with van der Waals surface area (Å²) in [5.41, 5.74) is 2.31. The van der Waals surface area contributed by atoms with Gasteiger partial charge in [0.25, 0.3) is 5.97 Å². The Hall–Kier alpha value is -2.21. The average molecular weight is 287 g/mol. The van der Waals surface area contributed by atoms with Crippen LogP contribution in [0.1, 0.15) is 19.8 Å². The molecule has 1 aromatic carbocycles. The summed E-state index contributed by atoms with van der Waals surface area (Å²) in [5.74, 6) is -0.811. The van der Waals surface area contributed by atoms with Crippen molar-refractivity contribution in [3.63, 3.8) is 0 Å². The van der Waals surface area contributed by atoms with Gasteiger partial charge in [-0.15, -0.1) is 0 Å². The van der Waals surface area contributed by atoms with Crippen LogP contribution in [0.5, 0.6) is 0 Å². The number of nitrogens with zero attached hydrogens (tertiary/aromatic N) is 1. The number of benzene rings is 1. The second kappa shape index (κ2) is 6.99. The van der Waals surface area contributed by atoms with Crippen molar-refractivity contribution in [2.75, 3.05) is 0 Å². The summed E-state index contributed by atoms with van der Waals surface area (Å²) in [5, 5.41) is 9.65. The molecule has 0 amide bonds. The summed E-state index contributed by atoms with van der Waals surface area (Å²) in [6.07, 6.45) is 6.53. The zero-order valence-electron chi connectivity index (χ0n) is 11.6. The van der Waals surface area contributed by atoms with Gasteiger partial charge in [0, 0.05) is 13.1 Å². The van der Waals surface area contributed by atoms with Gasteiger partial charge in [-0.3, -0.25) is 9.79 Å². The SMILES string of the molecule is CC(=O)OB(O)C1=CC=C(C=Nc2ccc(F)cc2)CC1.